The topological polar surface area (TPSA) is 67.4 Å². The SMILES string of the molecule is CNCCCNS(=O)(=O)c1ccc(OC(C)C)c(C)c1.Cl. The largest absolute Gasteiger partial charge is 0.491 e. The fourth-order valence-corrected chi connectivity index (χ4v) is 2.89. The van der Waals surface area contributed by atoms with Crippen molar-refractivity contribution in [2.24, 2.45) is 0 Å². The summed E-state index contributed by atoms with van der Waals surface area (Å²) in [5.41, 5.74) is 0.816. The molecule has 0 aromatic heterocycles. The standard InChI is InChI=1S/C14H24N2O3S.ClH/c1-11(2)19-14-7-6-13(10-12(14)3)20(17,18)16-9-5-8-15-4;/h6-7,10-11,15-16H,5,8-9H2,1-4H3;1H. The van der Waals surface area contributed by atoms with Crippen molar-refractivity contribution in [1.82, 2.24) is 10.0 Å². The third-order valence-corrected chi connectivity index (χ3v) is 4.17. The summed E-state index contributed by atoms with van der Waals surface area (Å²) in [5, 5.41) is 2.98. The highest BCUT2D eigenvalue weighted by Gasteiger charge is 2.15. The number of rotatable bonds is 8. The van der Waals surface area contributed by atoms with E-state index in [1.54, 1.807) is 18.2 Å². The van der Waals surface area contributed by atoms with E-state index in [9.17, 15) is 8.42 Å². The van der Waals surface area contributed by atoms with Gasteiger partial charge in [-0.3, -0.25) is 0 Å². The summed E-state index contributed by atoms with van der Waals surface area (Å²) in [4.78, 5) is 0.274. The number of ether oxygens (including phenoxy) is 1. The van der Waals surface area contributed by atoms with E-state index in [2.05, 4.69) is 10.0 Å². The molecule has 21 heavy (non-hydrogen) atoms. The lowest BCUT2D eigenvalue weighted by Gasteiger charge is -2.13. The van der Waals surface area contributed by atoms with Crippen LogP contribution in [-0.4, -0.2) is 34.7 Å². The van der Waals surface area contributed by atoms with Gasteiger partial charge in [-0.15, -0.1) is 12.4 Å². The van der Waals surface area contributed by atoms with Gasteiger partial charge < -0.3 is 10.1 Å². The molecule has 122 valence electrons. The fraction of sp³-hybridized carbons (Fsp3) is 0.571. The molecule has 0 unspecified atom stereocenters. The molecule has 7 heteroatoms. The molecule has 0 saturated carbocycles. The number of hydrogen-bond acceptors (Lipinski definition) is 4. The molecule has 0 saturated heterocycles. The number of halogens is 1. The zero-order valence-electron chi connectivity index (χ0n) is 13.0. The zero-order chi connectivity index (χ0) is 15.2. The Balaban J connectivity index is 0.00000400. The number of aryl methyl sites for hydroxylation is 1. The van der Waals surface area contributed by atoms with Gasteiger partial charge in [-0.25, -0.2) is 13.1 Å². The van der Waals surface area contributed by atoms with Crippen LogP contribution in [0.3, 0.4) is 0 Å². The van der Waals surface area contributed by atoms with E-state index in [0.29, 0.717) is 12.3 Å². The second-order valence-electron chi connectivity index (χ2n) is 4.95. The van der Waals surface area contributed by atoms with Gasteiger partial charge >= 0.3 is 0 Å². The minimum Gasteiger partial charge on any atom is -0.491 e. The van der Waals surface area contributed by atoms with E-state index in [4.69, 9.17) is 4.74 Å². The van der Waals surface area contributed by atoms with Crippen molar-refractivity contribution in [2.45, 2.75) is 38.2 Å². The quantitative estimate of drug-likeness (QED) is 0.713. The highest BCUT2D eigenvalue weighted by molar-refractivity contribution is 7.89. The molecular weight excluding hydrogens is 312 g/mol. The van der Waals surface area contributed by atoms with Gasteiger partial charge in [-0.1, -0.05) is 0 Å². The molecule has 0 atom stereocenters. The Labute approximate surface area is 133 Å². The zero-order valence-corrected chi connectivity index (χ0v) is 14.6. The summed E-state index contributed by atoms with van der Waals surface area (Å²) in [6.07, 6.45) is 0.819. The Hall–Kier alpha value is -0.820. The van der Waals surface area contributed by atoms with Crippen LogP contribution >= 0.6 is 12.4 Å². The minimum atomic E-state index is -3.44. The molecule has 0 spiro atoms. The number of hydrogen-bond donors (Lipinski definition) is 2. The lowest BCUT2D eigenvalue weighted by molar-refractivity contribution is 0.240. The number of nitrogens with one attached hydrogen (secondary N) is 2. The molecule has 0 aliphatic heterocycles. The molecule has 0 amide bonds. The van der Waals surface area contributed by atoms with E-state index >= 15 is 0 Å². The summed E-state index contributed by atoms with van der Waals surface area (Å²) in [5.74, 6) is 0.717. The Morgan fingerprint density at radius 3 is 2.43 bits per heavy atom. The normalized spacial score (nSPS) is 11.3. The molecule has 0 fully saturated rings. The predicted molar refractivity (Wildman–Crippen MR) is 87.9 cm³/mol. The first-order valence-electron chi connectivity index (χ1n) is 6.78. The number of benzene rings is 1. The van der Waals surface area contributed by atoms with Gasteiger partial charge in [0.1, 0.15) is 5.75 Å². The molecule has 0 heterocycles. The van der Waals surface area contributed by atoms with Crippen molar-refractivity contribution in [3.63, 3.8) is 0 Å². The smallest absolute Gasteiger partial charge is 0.240 e. The van der Waals surface area contributed by atoms with Crippen molar-refractivity contribution in [1.29, 1.82) is 0 Å². The van der Waals surface area contributed by atoms with E-state index in [-0.39, 0.29) is 23.4 Å². The lowest BCUT2D eigenvalue weighted by atomic mass is 10.2. The predicted octanol–water partition coefficient (Wildman–Crippen LogP) is 2.09. The van der Waals surface area contributed by atoms with Crippen LogP contribution in [0, 0.1) is 6.92 Å². The molecule has 0 bridgehead atoms. The summed E-state index contributed by atoms with van der Waals surface area (Å²) in [6.45, 7) is 6.92. The van der Waals surface area contributed by atoms with Crippen LogP contribution < -0.4 is 14.8 Å². The number of sulfonamides is 1. The molecule has 0 radical (unpaired) electrons. The molecule has 0 aliphatic rings. The average Bonchev–Trinajstić information content (AvgIpc) is 2.36. The molecule has 5 nitrogen and oxygen atoms in total. The van der Waals surface area contributed by atoms with Crippen molar-refractivity contribution < 1.29 is 13.2 Å². The van der Waals surface area contributed by atoms with Gasteiger partial charge in [0.2, 0.25) is 10.0 Å². The van der Waals surface area contributed by atoms with Gasteiger partial charge in [-0.05, 0) is 64.5 Å². The maximum atomic E-state index is 12.1. The molecule has 1 rings (SSSR count). The van der Waals surface area contributed by atoms with Gasteiger partial charge in [0, 0.05) is 6.54 Å². The molecular formula is C14H25ClN2O3S. The summed E-state index contributed by atoms with van der Waals surface area (Å²) >= 11 is 0. The fourth-order valence-electron chi connectivity index (χ4n) is 1.73. The van der Waals surface area contributed by atoms with E-state index in [1.165, 1.54) is 0 Å². The van der Waals surface area contributed by atoms with Crippen LogP contribution in [0.25, 0.3) is 0 Å². The Morgan fingerprint density at radius 2 is 1.90 bits per heavy atom. The monoisotopic (exact) mass is 336 g/mol. The minimum absolute atomic E-state index is 0. The highest BCUT2D eigenvalue weighted by atomic mass is 35.5. The van der Waals surface area contributed by atoms with Crippen LogP contribution in [0.2, 0.25) is 0 Å². The third kappa shape index (κ3) is 6.65. The highest BCUT2D eigenvalue weighted by Crippen LogP contribution is 2.22. The van der Waals surface area contributed by atoms with Crippen molar-refractivity contribution in [3.8, 4) is 5.75 Å². The van der Waals surface area contributed by atoms with E-state index < -0.39 is 10.0 Å². The maximum Gasteiger partial charge on any atom is 0.240 e. The molecule has 1 aromatic carbocycles. The van der Waals surface area contributed by atoms with Gasteiger partial charge in [0.05, 0.1) is 11.0 Å². The third-order valence-electron chi connectivity index (χ3n) is 2.72. The summed E-state index contributed by atoms with van der Waals surface area (Å²) < 4.78 is 32.4. The van der Waals surface area contributed by atoms with Crippen molar-refractivity contribution >= 4 is 22.4 Å². The Kier molecular flexibility index (Phi) is 8.89. The lowest BCUT2D eigenvalue weighted by Crippen LogP contribution is -2.26. The Bertz CT molecular complexity index is 533. The first kappa shape index (κ1) is 20.2. The molecule has 2 N–H and O–H groups in total. The first-order chi connectivity index (χ1) is 9.36. The Morgan fingerprint density at radius 1 is 1.24 bits per heavy atom. The van der Waals surface area contributed by atoms with Crippen LogP contribution in [0.15, 0.2) is 23.1 Å². The van der Waals surface area contributed by atoms with Crippen LogP contribution in [0.5, 0.6) is 5.75 Å². The summed E-state index contributed by atoms with van der Waals surface area (Å²) in [7, 11) is -1.60. The average molecular weight is 337 g/mol. The van der Waals surface area contributed by atoms with Crippen molar-refractivity contribution in [3.05, 3.63) is 23.8 Å². The summed E-state index contributed by atoms with van der Waals surface area (Å²) in [6, 6.07) is 4.92. The van der Waals surface area contributed by atoms with Crippen LogP contribution in [0.4, 0.5) is 0 Å². The second-order valence-corrected chi connectivity index (χ2v) is 6.72. The first-order valence-corrected chi connectivity index (χ1v) is 8.26. The van der Waals surface area contributed by atoms with Gasteiger partial charge in [0.15, 0.2) is 0 Å². The van der Waals surface area contributed by atoms with Crippen LogP contribution in [-0.2, 0) is 10.0 Å². The molecule has 1 aromatic rings. The van der Waals surface area contributed by atoms with Gasteiger partial charge in [0.25, 0.3) is 0 Å². The van der Waals surface area contributed by atoms with E-state index in [0.717, 1.165) is 18.5 Å². The van der Waals surface area contributed by atoms with Gasteiger partial charge in [-0.2, -0.15) is 0 Å². The second kappa shape index (κ2) is 9.25. The van der Waals surface area contributed by atoms with Crippen molar-refractivity contribution in [2.75, 3.05) is 20.1 Å². The van der Waals surface area contributed by atoms with E-state index in [1.807, 2.05) is 27.8 Å². The van der Waals surface area contributed by atoms with Crippen LogP contribution in [0.1, 0.15) is 25.8 Å². The maximum absolute atomic E-state index is 12.1. The molecule has 0 aliphatic carbocycles.